The van der Waals surface area contributed by atoms with E-state index in [2.05, 4.69) is 10.5 Å². The molecule has 0 unspecified atom stereocenters. The van der Waals surface area contributed by atoms with E-state index in [0.717, 1.165) is 10.1 Å². The van der Waals surface area contributed by atoms with Gasteiger partial charge in [-0.25, -0.2) is 5.43 Å². The summed E-state index contributed by atoms with van der Waals surface area (Å²) in [4.78, 5) is 12.8. The van der Waals surface area contributed by atoms with Crippen LogP contribution in [0, 0.1) is 0 Å². The number of thiophene rings is 1. The Kier molecular flexibility index (Phi) is 4.85. The number of aromatic hydroxyl groups is 1. The smallest absolute Gasteiger partial charge is 0.281 e. The molecule has 128 valence electrons. The van der Waals surface area contributed by atoms with Crippen LogP contribution in [-0.4, -0.2) is 31.4 Å². The highest BCUT2D eigenvalue weighted by molar-refractivity contribution is 7.20. The highest BCUT2D eigenvalue weighted by Crippen LogP contribution is 2.31. The molecular weight excluding hydrogens is 340 g/mol. The van der Waals surface area contributed by atoms with Gasteiger partial charge in [-0.15, -0.1) is 11.3 Å². The number of rotatable bonds is 5. The maximum absolute atomic E-state index is 12.2. The molecule has 2 aromatic carbocycles. The van der Waals surface area contributed by atoms with Crippen molar-refractivity contribution in [3.8, 4) is 17.2 Å². The van der Waals surface area contributed by atoms with Gasteiger partial charge in [0.05, 0.1) is 30.9 Å². The molecule has 2 N–H and O–H groups in total. The van der Waals surface area contributed by atoms with Crippen molar-refractivity contribution in [3.63, 3.8) is 0 Å². The van der Waals surface area contributed by atoms with Gasteiger partial charge in [-0.1, -0.05) is 18.2 Å². The lowest BCUT2D eigenvalue weighted by Gasteiger charge is -2.09. The molecule has 3 aromatic rings. The number of hydrogen-bond acceptors (Lipinski definition) is 6. The maximum atomic E-state index is 12.2. The number of carbonyl (C=O) groups excluding carboxylic acids is 1. The Labute approximate surface area is 148 Å². The van der Waals surface area contributed by atoms with E-state index in [-0.39, 0.29) is 11.7 Å². The number of fused-ring (bicyclic) bond motifs is 1. The molecule has 1 amide bonds. The van der Waals surface area contributed by atoms with Crippen LogP contribution in [0.3, 0.4) is 0 Å². The van der Waals surface area contributed by atoms with Crippen molar-refractivity contribution < 1.29 is 19.4 Å². The quantitative estimate of drug-likeness (QED) is 0.542. The fourth-order valence-corrected chi connectivity index (χ4v) is 3.26. The average Bonchev–Trinajstić information content (AvgIpc) is 3.06. The predicted molar refractivity (Wildman–Crippen MR) is 98.1 cm³/mol. The second kappa shape index (κ2) is 7.23. The van der Waals surface area contributed by atoms with Crippen LogP contribution in [-0.2, 0) is 0 Å². The molecule has 7 heteroatoms. The van der Waals surface area contributed by atoms with Crippen molar-refractivity contribution >= 4 is 33.5 Å². The molecule has 6 nitrogen and oxygen atoms in total. The van der Waals surface area contributed by atoms with Gasteiger partial charge in [0, 0.05) is 16.8 Å². The molecule has 0 aliphatic rings. The van der Waals surface area contributed by atoms with Gasteiger partial charge in [0.25, 0.3) is 5.91 Å². The number of carbonyl (C=O) groups is 1. The number of amides is 1. The Bertz CT molecular complexity index is 916. The minimum absolute atomic E-state index is 0.0592. The molecule has 0 fully saturated rings. The Hall–Kier alpha value is -3.06. The summed E-state index contributed by atoms with van der Waals surface area (Å²) < 4.78 is 11.3. The summed E-state index contributed by atoms with van der Waals surface area (Å²) in [5, 5.41) is 15.0. The van der Waals surface area contributed by atoms with Crippen LogP contribution in [0.1, 0.15) is 15.2 Å². The minimum Gasteiger partial charge on any atom is -0.507 e. The normalized spacial score (nSPS) is 11.0. The molecule has 3 rings (SSSR count). The standard InChI is InChI=1S/C18H16N2O4S/c1-23-12-8-14(21)13(15(9-12)24-2)10-19-20-18(22)17-7-11-5-3-4-6-16(11)25-17/h3-10,21H,1-2H3,(H,20,22). The zero-order chi connectivity index (χ0) is 17.8. The van der Waals surface area contributed by atoms with Crippen LogP contribution >= 0.6 is 11.3 Å². The van der Waals surface area contributed by atoms with Gasteiger partial charge in [0.2, 0.25) is 0 Å². The van der Waals surface area contributed by atoms with E-state index in [0.29, 0.717) is 21.9 Å². The molecule has 1 heterocycles. The Balaban J connectivity index is 1.77. The highest BCUT2D eigenvalue weighted by atomic mass is 32.1. The maximum Gasteiger partial charge on any atom is 0.281 e. The summed E-state index contributed by atoms with van der Waals surface area (Å²) in [6.07, 6.45) is 1.33. The number of ether oxygens (including phenoxy) is 2. The van der Waals surface area contributed by atoms with Crippen LogP contribution in [0.25, 0.3) is 10.1 Å². The Morgan fingerprint density at radius 1 is 1.20 bits per heavy atom. The fraction of sp³-hybridized carbons (Fsp3) is 0.111. The first-order chi connectivity index (χ1) is 12.1. The first-order valence-electron chi connectivity index (χ1n) is 7.39. The molecule has 0 bridgehead atoms. The largest absolute Gasteiger partial charge is 0.507 e. The Morgan fingerprint density at radius 2 is 2.00 bits per heavy atom. The molecule has 0 aliphatic carbocycles. The summed E-state index contributed by atoms with van der Waals surface area (Å²) in [6, 6.07) is 12.6. The lowest BCUT2D eigenvalue weighted by Crippen LogP contribution is -2.16. The number of phenolic OH excluding ortho intramolecular Hbond substituents is 1. The van der Waals surface area contributed by atoms with E-state index in [1.54, 1.807) is 6.07 Å². The number of hydrogen-bond donors (Lipinski definition) is 2. The first-order valence-corrected chi connectivity index (χ1v) is 8.21. The summed E-state index contributed by atoms with van der Waals surface area (Å²) in [5.74, 6) is 0.470. The second-order valence-electron chi connectivity index (χ2n) is 5.11. The van der Waals surface area contributed by atoms with Crippen molar-refractivity contribution in [1.29, 1.82) is 0 Å². The lowest BCUT2D eigenvalue weighted by atomic mass is 10.2. The van der Waals surface area contributed by atoms with Crippen molar-refractivity contribution in [2.45, 2.75) is 0 Å². The molecular formula is C18H16N2O4S. The van der Waals surface area contributed by atoms with Crippen molar-refractivity contribution in [2.24, 2.45) is 5.10 Å². The van der Waals surface area contributed by atoms with Gasteiger partial charge >= 0.3 is 0 Å². The number of nitrogens with zero attached hydrogens (tertiary/aromatic N) is 1. The summed E-state index contributed by atoms with van der Waals surface area (Å²) in [5.41, 5.74) is 2.81. The van der Waals surface area contributed by atoms with E-state index < -0.39 is 0 Å². The molecule has 0 aliphatic heterocycles. The van der Waals surface area contributed by atoms with Crippen molar-refractivity contribution in [3.05, 3.63) is 52.9 Å². The summed E-state index contributed by atoms with van der Waals surface area (Å²) >= 11 is 1.39. The molecule has 0 spiro atoms. The number of hydrazone groups is 1. The molecule has 0 radical (unpaired) electrons. The van der Waals surface area contributed by atoms with E-state index in [1.807, 2.05) is 30.3 Å². The summed E-state index contributed by atoms with van der Waals surface area (Å²) in [6.45, 7) is 0. The third-order valence-corrected chi connectivity index (χ3v) is 4.67. The fourth-order valence-electron chi connectivity index (χ4n) is 2.31. The van der Waals surface area contributed by atoms with Gasteiger partial charge in [-0.2, -0.15) is 5.10 Å². The predicted octanol–water partition coefficient (Wildman–Crippen LogP) is 3.39. The minimum atomic E-state index is -0.315. The second-order valence-corrected chi connectivity index (χ2v) is 6.19. The molecule has 25 heavy (non-hydrogen) atoms. The zero-order valence-electron chi connectivity index (χ0n) is 13.6. The number of nitrogens with one attached hydrogen (secondary N) is 1. The lowest BCUT2D eigenvalue weighted by molar-refractivity contribution is 0.0959. The first kappa shape index (κ1) is 16.8. The van der Waals surface area contributed by atoms with Gasteiger partial charge in [-0.3, -0.25) is 4.79 Å². The number of methoxy groups -OCH3 is 2. The van der Waals surface area contributed by atoms with Gasteiger partial charge < -0.3 is 14.6 Å². The zero-order valence-corrected chi connectivity index (χ0v) is 14.5. The topological polar surface area (TPSA) is 80.2 Å². The third-order valence-electron chi connectivity index (χ3n) is 3.56. The molecule has 0 atom stereocenters. The molecule has 1 aromatic heterocycles. The monoisotopic (exact) mass is 356 g/mol. The van der Waals surface area contributed by atoms with Crippen molar-refractivity contribution in [1.82, 2.24) is 5.43 Å². The van der Waals surface area contributed by atoms with Crippen LogP contribution in [0.15, 0.2) is 47.6 Å². The van der Waals surface area contributed by atoms with Crippen LogP contribution in [0.5, 0.6) is 17.2 Å². The van der Waals surface area contributed by atoms with Crippen LogP contribution in [0.2, 0.25) is 0 Å². The van der Waals surface area contributed by atoms with Gasteiger partial charge in [-0.05, 0) is 17.5 Å². The van der Waals surface area contributed by atoms with E-state index in [1.165, 1.54) is 37.8 Å². The van der Waals surface area contributed by atoms with E-state index in [9.17, 15) is 9.90 Å². The highest BCUT2D eigenvalue weighted by Gasteiger charge is 2.11. The molecule has 0 saturated carbocycles. The van der Waals surface area contributed by atoms with Gasteiger partial charge in [0.15, 0.2) is 0 Å². The van der Waals surface area contributed by atoms with Gasteiger partial charge in [0.1, 0.15) is 17.2 Å². The Morgan fingerprint density at radius 3 is 2.72 bits per heavy atom. The average molecular weight is 356 g/mol. The summed E-state index contributed by atoms with van der Waals surface area (Å²) in [7, 11) is 2.97. The van der Waals surface area contributed by atoms with E-state index in [4.69, 9.17) is 9.47 Å². The number of phenols is 1. The third kappa shape index (κ3) is 3.56. The van der Waals surface area contributed by atoms with E-state index >= 15 is 0 Å². The van der Waals surface area contributed by atoms with Crippen LogP contribution in [0.4, 0.5) is 0 Å². The van der Waals surface area contributed by atoms with Crippen LogP contribution < -0.4 is 14.9 Å². The number of benzene rings is 2. The van der Waals surface area contributed by atoms with Crippen molar-refractivity contribution in [2.75, 3.05) is 14.2 Å². The molecule has 0 saturated heterocycles. The SMILES string of the molecule is COc1cc(O)c(C=NNC(=O)c2cc3ccccc3s2)c(OC)c1.